The number of sulfonamides is 1. The molecule has 1 radical (unpaired) electrons. The van der Waals surface area contributed by atoms with Gasteiger partial charge in [0.05, 0.1) is 5.69 Å². The maximum atomic E-state index is 12.5. The van der Waals surface area contributed by atoms with Gasteiger partial charge < -0.3 is 10.1 Å². The number of nitrogens with one attached hydrogen (secondary N) is 2. The molecule has 0 amide bonds. The zero-order valence-corrected chi connectivity index (χ0v) is 16.1. The predicted octanol–water partition coefficient (Wildman–Crippen LogP) is 3.83. The summed E-state index contributed by atoms with van der Waals surface area (Å²) < 4.78 is 33.2. The molecule has 0 aliphatic rings. The number of pyridine rings is 1. The van der Waals surface area contributed by atoms with Gasteiger partial charge in [0.2, 0.25) is 0 Å². The monoisotopic (exact) mass is 398 g/mol. The van der Waals surface area contributed by atoms with E-state index in [-0.39, 0.29) is 4.90 Å². The lowest BCUT2D eigenvalue weighted by Crippen LogP contribution is -2.14. The maximum absolute atomic E-state index is 12.5. The van der Waals surface area contributed by atoms with Crippen molar-refractivity contribution in [2.24, 2.45) is 0 Å². The number of nitrogens with zero attached hydrogens (tertiary/aromatic N) is 1. The van der Waals surface area contributed by atoms with Crippen LogP contribution in [0.15, 0.2) is 71.9 Å². The lowest BCUT2D eigenvalue weighted by molar-refractivity contribution is 0.333. The van der Waals surface area contributed by atoms with Crippen LogP contribution in [0.2, 0.25) is 0 Å². The third-order valence-electron chi connectivity index (χ3n) is 3.82. The van der Waals surface area contributed by atoms with Crippen molar-refractivity contribution in [1.82, 2.24) is 4.98 Å². The van der Waals surface area contributed by atoms with Crippen LogP contribution in [-0.4, -0.2) is 26.6 Å². The minimum Gasteiger partial charge on any atom is -0.492 e. The lowest BCUT2D eigenvalue weighted by Gasteiger charge is -2.13. The summed E-state index contributed by atoms with van der Waals surface area (Å²) in [7, 11) is -3.98. The van der Waals surface area contributed by atoms with E-state index < -0.39 is 15.8 Å². The number of hydrogen-bond donors (Lipinski definition) is 2. The molecule has 0 saturated heterocycles. The Morgan fingerprint density at radius 3 is 2.50 bits per heavy atom. The van der Waals surface area contributed by atoms with Crippen LogP contribution in [0.5, 0.6) is 11.5 Å². The molecule has 3 aromatic rings. The number of aromatic nitrogens is 1. The van der Waals surface area contributed by atoms with E-state index in [4.69, 9.17) is 4.74 Å². The molecule has 2 N–H and O–H groups in total. The van der Waals surface area contributed by atoms with Gasteiger partial charge in [0.1, 0.15) is 17.3 Å². The molecule has 145 valence electrons. The van der Waals surface area contributed by atoms with Crippen LogP contribution in [-0.2, 0) is 15.1 Å². The predicted molar refractivity (Wildman–Crippen MR) is 107 cm³/mol. The highest BCUT2D eigenvalue weighted by Gasteiger charge is 2.19. The van der Waals surface area contributed by atoms with Crippen LogP contribution in [0.25, 0.3) is 0 Å². The number of benzene rings is 2. The van der Waals surface area contributed by atoms with Gasteiger partial charge in [-0.3, -0.25) is 14.8 Å². The molecule has 0 aliphatic carbocycles. The van der Waals surface area contributed by atoms with Gasteiger partial charge in [-0.25, -0.2) is 8.42 Å². The number of para-hydroxylation sites is 1. The van der Waals surface area contributed by atoms with E-state index in [0.29, 0.717) is 24.6 Å². The Labute approximate surface area is 164 Å². The minimum absolute atomic E-state index is 0.291. The molecule has 0 spiro atoms. The number of aryl methyl sites for hydroxylation is 1. The van der Waals surface area contributed by atoms with Gasteiger partial charge >= 0.3 is 0 Å². The fourth-order valence-corrected chi connectivity index (χ4v) is 3.74. The smallest absolute Gasteiger partial charge is 0.265 e. The lowest BCUT2D eigenvalue weighted by atomic mass is 10.2. The third-order valence-corrected chi connectivity index (χ3v) is 5.24. The van der Waals surface area contributed by atoms with Crippen LogP contribution >= 0.6 is 0 Å². The van der Waals surface area contributed by atoms with Gasteiger partial charge in [-0.1, -0.05) is 12.1 Å². The molecule has 1 heterocycles. The van der Waals surface area contributed by atoms with E-state index in [0.717, 1.165) is 11.3 Å². The highest BCUT2D eigenvalue weighted by Crippen LogP contribution is 2.27. The Bertz CT molecular complexity index is 1040. The van der Waals surface area contributed by atoms with Crippen LogP contribution in [0.3, 0.4) is 0 Å². The fourth-order valence-electron chi connectivity index (χ4n) is 2.61. The zero-order valence-electron chi connectivity index (χ0n) is 15.3. The van der Waals surface area contributed by atoms with E-state index in [1.165, 1.54) is 24.3 Å². The van der Waals surface area contributed by atoms with Crippen molar-refractivity contribution >= 4 is 21.4 Å². The minimum atomic E-state index is -3.98. The summed E-state index contributed by atoms with van der Waals surface area (Å²) in [5.41, 5.74) is 2.10. The first-order valence-corrected chi connectivity index (χ1v) is 10.1. The number of anilines is 2. The van der Waals surface area contributed by atoms with Crippen LogP contribution < -0.4 is 14.8 Å². The van der Waals surface area contributed by atoms with Crippen molar-refractivity contribution in [3.05, 3.63) is 72.6 Å². The normalized spacial score (nSPS) is 11.0. The van der Waals surface area contributed by atoms with Crippen LogP contribution in [0, 0.1) is 6.92 Å². The summed E-state index contributed by atoms with van der Waals surface area (Å²) in [5.74, 6) is -0.0223. The average Bonchev–Trinajstić information content (AvgIpc) is 2.65. The molecule has 0 atom stereocenters. The second-order valence-corrected chi connectivity index (χ2v) is 7.75. The third kappa shape index (κ3) is 5.14. The quantitative estimate of drug-likeness (QED) is 0.562. The van der Waals surface area contributed by atoms with Gasteiger partial charge in [-0.05, 0) is 48.9 Å². The molecule has 1 aromatic heterocycles. The number of ether oxygens (including phenoxy) is 1. The van der Waals surface area contributed by atoms with E-state index in [2.05, 4.69) is 15.0 Å². The first-order valence-electron chi connectivity index (χ1n) is 8.61. The van der Waals surface area contributed by atoms with E-state index in [9.17, 15) is 13.5 Å². The van der Waals surface area contributed by atoms with E-state index >= 15 is 0 Å². The van der Waals surface area contributed by atoms with Gasteiger partial charge in [-0.15, -0.1) is 0 Å². The van der Waals surface area contributed by atoms with Crippen molar-refractivity contribution in [3.63, 3.8) is 0 Å². The van der Waals surface area contributed by atoms with Gasteiger partial charge in [-0.2, -0.15) is 0 Å². The molecule has 8 heteroatoms. The first kappa shape index (κ1) is 19.5. The Hall–Kier alpha value is -3.26. The second-order valence-electron chi connectivity index (χ2n) is 6.10. The van der Waals surface area contributed by atoms with Gasteiger partial charge in [0.25, 0.3) is 10.0 Å². The number of hydrogen-bond acceptors (Lipinski definition) is 5. The second kappa shape index (κ2) is 8.62. The Balaban J connectivity index is 1.65. The first-order chi connectivity index (χ1) is 13.4. The molecule has 3 rings (SSSR count). The van der Waals surface area contributed by atoms with Crippen LogP contribution in [0.4, 0.5) is 11.4 Å². The summed E-state index contributed by atoms with van der Waals surface area (Å²) in [4.78, 5) is 3.66. The molecule has 0 saturated carbocycles. The molecule has 0 unspecified atom stereocenters. The van der Waals surface area contributed by atoms with Crippen molar-refractivity contribution in [2.45, 2.75) is 11.8 Å². The zero-order chi connectivity index (χ0) is 20.0. The van der Waals surface area contributed by atoms with Crippen molar-refractivity contribution < 1.29 is 18.3 Å². The van der Waals surface area contributed by atoms with Crippen LogP contribution in [0.1, 0.15) is 5.56 Å². The fraction of sp³-hybridized carbons (Fsp3) is 0.150. The topological polar surface area (TPSA) is 100 Å². The Morgan fingerprint density at radius 2 is 1.75 bits per heavy atom. The van der Waals surface area contributed by atoms with E-state index in [1.54, 1.807) is 24.5 Å². The van der Waals surface area contributed by atoms with Crippen molar-refractivity contribution in [2.75, 3.05) is 23.2 Å². The summed E-state index contributed by atoms with van der Waals surface area (Å²) >= 11 is 0. The summed E-state index contributed by atoms with van der Waals surface area (Å²) in [6.45, 7) is 2.80. The molecule has 0 aliphatic heterocycles. The molecule has 7 nitrogen and oxygen atoms in total. The molecule has 0 bridgehead atoms. The largest absolute Gasteiger partial charge is 0.492 e. The Morgan fingerprint density at radius 1 is 1.00 bits per heavy atom. The van der Waals surface area contributed by atoms with E-state index in [1.807, 2.05) is 25.1 Å². The Kier molecular flexibility index (Phi) is 6.00. The summed E-state index contributed by atoms with van der Waals surface area (Å²) in [6, 6.07) is 14.3. The van der Waals surface area contributed by atoms with Crippen molar-refractivity contribution in [1.29, 1.82) is 0 Å². The molecule has 0 fully saturated rings. The van der Waals surface area contributed by atoms with Crippen molar-refractivity contribution in [3.8, 4) is 11.5 Å². The molecule has 2 aromatic carbocycles. The average molecular weight is 398 g/mol. The number of rotatable bonds is 8. The highest BCUT2D eigenvalue weighted by molar-refractivity contribution is 7.92. The molecular weight excluding hydrogens is 378 g/mol. The summed E-state index contributed by atoms with van der Waals surface area (Å²) in [6.07, 6.45) is 3.39. The maximum Gasteiger partial charge on any atom is 0.265 e. The summed E-state index contributed by atoms with van der Waals surface area (Å²) in [5, 5.41) is 15.0. The van der Waals surface area contributed by atoms with Gasteiger partial charge in [0.15, 0.2) is 5.75 Å². The molecular formula is C20H20N3O4S. The standard InChI is InChI=1S/C20H20N3O4S/c1-15-12-17(23-28(25,26)20-5-3-2-4-19(20)24)14-18(13-15)27-11-10-22-16-6-8-21-9-7-16/h2-9,12-14,23H,10-11H2,1H3,(H,21,22). The highest BCUT2D eigenvalue weighted by atomic mass is 32.2. The molecule has 28 heavy (non-hydrogen) atoms. The SMILES string of the molecule is Cc1cc(NS(=O)(=O)c2ccccc2[O])cc(OCCNc2ccncc2)c1. The van der Waals surface area contributed by atoms with Gasteiger partial charge in [0, 0.05) is 30.7 Å².